The molecule has 0 aromatic heterocycles. The molecule has 0 saturated heterocycles. The lowest BCUT2D eigenvalue weighted by Gasteiger charge is -2.27. The standard InChI is InChI=1S/C15H24N2O4/c1-14(2,3)21-13(19)17-12-7-6-10(20-5)8-11(12)15(4,16)9-18/h6-8,18H,9,16H2,1-5H3,(H,17,19). The van der Waals surface area contributed by atoms with Crippen molar-refractivity contribution in [1.82, 2.24) is 0 Å². The summed E-state index contributed by atoms with van der Waals surface area (Å²) in [5.41, 5.74) is 5.50. The fourth-order valence-electron chi connectivity index (χ4n) is 1.73. The summed E-state index contributed by atoms with van der Waals surface area (Å²) in [6.45, 7) is 6.73. The summed E-state index contributed by atoms with van der Waals surface area (Å²) in [4.78, 5) is 11.9. The third kappa shape index (κ3) is 4.91. The SMILES string of the molecule is COc1ccc(NC(=O)OC(C)(C)C)c(C(C)(N)CO)c1. The van der Waals surface area contributed by atoms with Crippen LogP contribution in [0.2, 0.25) is 0 Å². The van der Waals surface area contributed by atoms with Crippen LogP contribution in [0, 0.1) is 0 Å². The number of benzene rings is 1. The van der Waals surface area contributed by atoms with Crippen LogP contribution in [-0.4, -0.2) is 30.5 Å². The van der Waals surface area contributed by atoms with E-state index in [1.165, 1.54) is 7.11 Å². The Morgan fingerprint density at radius 1 is 1.33 bits per heavy atom. The molecule has 118 valence electrons. The van der Waals surface area contributed by atoms with E-state index in [1.54, 1.807) is 45.9 Å². The predicted octanol–water partition coefficient (Wildman–Crippen LogP) is 2.21. The molecule has 6 heteroatoms. The van der Waals surface area contributed by atoms with Crippen molar-refractivity contribution in [3.05, 3.63) is 23.8 Å². The molecule has 1 rings (SSSR count). The average Bonchev–Trinajstić information content (AvgIpc) is 2.36. The number of methoxy groups -OCH3 is 1. The molecule has 0 bridgehead atoms. The number of nitrogens with one attached hydrogen (secondary N) is 1. The minimum absolute atomic E-state index is 0.275. The van der Waals surface area contributed by atoms with Crippen molar-refractivity contribution in [1.29, 1.82) is 0 Å². The molecule has 6 nitrogen and oxygen atoms in total. The minimum Gasteiger partial charge on any atom is -0.497 e. The van der Waals surface area contributed by atoms with Crippen molar-refractivity contribution in [2.75, 3.05) is 19.0 Å². The van der Waals surface area contributed by atoms with Crippen molar-refractivity contribution in [2.24, 2.45) is 5.73 Å². The molecule has 0 fully saturated rings. The highest BCUT2D eigenvalue weighted by atomic mass is 16.6. The van der Waals surface area contributed by atoms with Gasteiger partial charge in [0.2, 0.25) is 0 Å². The van der Waals surface area contributed by atoms with Crippen molar-refractivity contribution in [3.63, 3.8) is 0 Å². The van der Waals surface area contributed by atoms with Crippen LogP contribution in [-0.2, 0) is 10.3 Å². The van der Waals surface area contributed by atoms with Crippen LogP contribution in [0.15, 0.2) is 18.2 Å². The van der Waals surface area contributed by atoms with Gasteiger partial charge in [0.25, 0.3) is 0 Å². The number of amides is 1. The number of rotatable bonds is 4. The van der Waals surface area contributed by atoms with E-state index in [2.05, 4.69) is 5.32 Å². The first kappa shape index (κ1) is 17.3. The maximum absolute atomic E-state index is 11.9. The molecule has 0 radical (unpaired) electrons. The number of carbonyl (C=O) groups is 1. The number of nitrogens with two attached hydrogens (primary N) is 1. The number of carbonyl (C=O) groups excluding carboxylic acids is 1. The Kier molecular flexibility index (Phi) is 5.20. The molecule has 4 N–H and O–H groups in total. The van der Waals surface area contributed by atoms with E-state index in [1.807, 2.05) is 0 Å². The quantitative estimate of drug-likeness (QED) is 0.792. The van der Waals surface area contributed by atoms with Gasteiger partial charge >= 0.3 is 6.09 Å². The van der Waals surface area contributed by atoms with Gasteiger partial charge in [-0.15, -0.1) is 0 Å². The number of anilines is 1. The highest BCUT2D eigenvalue weighted by Gasteiger charge is 2.26. The first-order chi connectivity index (χ1) is 9.59. The van der Waals surface area contributed by atoms with E-state index in [4.69, 9.17) is 15.2 Å². The first-order valence-corrected chi connectivity index (χ1v) is 6.67. The molecule has 0 aliphatic heterocycles. The molecule has 1 unspecified atom stereocenters. The summed E-state index contributed by atoms with van der Waals surface area (Å²) in [5.74, 6) is 0.588. The van der Waals surface area contributed by atoms with Crippen molar-refractivity contribution in [3.8, 4) is 5.75 Å². The van der Waals surface area contributed by atoms with E-state index in [0.29, 0.717) is 17.0 Å². The zero-order chi connectivity index (χ0) is 16.3. The Balaban J connectivity index is 3.09. The third-order valence-electron chi connectivity index (χ3n) is 2.81. The molecule has 0 aliphatic rings. The van der Waals surface area contributed by atoms with Gasteiger partial charge in [-0.1, -0.05) is 0 Å². The van der Waals surface area contributed by atoms with E-state index in [9.17, 15) is 9.90 Å². The largest absolute Gasteiger partial charge is 0.497 e. The number of hydrogen-bond acceptors (Lipinski definition) is 5. The van der Waals surface area contributed by atoms with Crippen molar-refractivity contribution in [2.45, 2.75) is 38.8 Å². The molecule has 1 aromatic carbocycles. The first-order valence-electron chi connectivity index (χ1n) is 6.67. The van der Waals surface area contributed by atoms with Gasteiger partial charge in [-0.25, -0.2) is 4.79 Å². The second-order valence-corrected chi connectivity index (χ2v) is 6.11. The number of aliphatic hydroxyl groups excluding tert-OH is 1. The normalized spacial score (nSPS) is 14.2. The van der Waals surface area contributed by atoms with Gasteiger partial charge < -0.3 is 20.3 Å². The van der Waals surface area contributed by atoms with Gasteiger partial charge in [-0.3, -0.25) is 5.32 Å². The van der Waals surface area contributed by atoms with E-state index in [0.717, 1.165) is 0 Å². The number of aliphatic hydroxyl groups is 1. The Morgan fingerprint density at radius 3 is 2.43 bits per heavy atom. The van der Waals surface area contributed by atoms with Crippen LogP contribution in [0.1, 0.15) is 33.3 Å². The summed E-state index contributed by atoms with van der Waals surface area (Å²) in [7, 11) is 1.53. The Bertz CT molecular complexity index is 507. The lowest BCUT2D eigenvalue weighted by Crippen LogP contribution is -2.38. The highest BCUT2D eigenvalue weighted by molar-refractivity contribution is 5.86. The highest BCUT2D eigenvalue weighted by Crippen LogP contribution is 2.30. The van der Waals surface area contributed by atoms with Crippen LogP contribution >= 0.6 is 0 Å². The minimum atomic E-state index is -1.01. The van der Waals surface area contributed by atoms with E-state index >= 15 is 0 Å². The maximum Gasteiger partial charge on any atom is 0.412 e. The van der Waals surface area contributed by atoms with Gasteiger partial charge in [0.05, 0.1) is 19.3 Å². The lowest BCUT2D eigenvalue weighted by atomic mass is 9.92. The monoisotopic (exact) mass is 296 g/mol. The zero-order valence-electron chi connectivity index (χ0n) is 13.2. The van der Waals surface area contributed by atoms with Crippen LogP contribution < -0.4 is 15.8 Å². The van der Waals surface area contributed by atoms with Crippen molar-refractivity contribution >= 4 is 11.8 Å². The second-order valence-electron chi connectivity index (χ2n) is 6.11. The summed E-state index contributed by atoms with van der Waals surface area (Å²) in [6, 6.07) is 5.05. The molecule has 0 spiro atoms. The molecular formula is C15H24N2O4. The summed E-state index contributed by atoms with van der Waals surface area (Å²) < 4.78 is 10.4. The zero-order valence-corrected chi connectivity index (χ0v) is 13.2. The van der Waals surface area contributed by atoms with Gasteiger partial charge in [0.1, 0.15) is 11.4 Å². The van der Waals surface area contributed by atoms with Crippen LogP contribution in [0.25, 0.3) is 0 Å². The molecule has 0 aliphatic carbocycles. The molecular weight excluding hydrogens is 272 g/mol. The molecule has 0 saturated carbocycles. The predicted molar refractivity (Wildman–Crippen MR) is 81.5 cm³/mol. The molecule has 1 atom stereocenters. The van der Waals surface area contributed by atoms with Gasteiger partial charge in [-0.05, 0) is 45.9 Å². The van der Waals surface area contributed by atoms with Crippen LogP contribution in [0.4, 0.5) is 10.5 Å². The van der Waals surface area contributed by atoms with Crippen molar-refractivity contribution < 1.29 is 19.4 Å². The summed E-state index contributed by atoms with van der Waals surface area (Å²) in [5, 5.41) is 12.1. The van der Waals surface area contributed by atoms with Crippen LogP contribution in [0.3, 0.4) is 0 Å². The van der Waals surface area contributed by atoms with E-state index < -0.39 is 17.2 Å². The topological polar surface area (TPSA) is 93.8 Å². The summed E-state index contributed by atoms with van der Waals surface area (Å²) in [6.07, 6.45) is -0.581. The Morgan fingerprint density at radius 2 is 1.95 bits per heavy atom. The molecule has 1 aromatic rings. The third-order valence-corrected chi connectivity index (χ3v) is 2.81. The fraction of sp³-hybridized carbons (Fsp3) is 0.533. The second kappa shape index (κ2) is 6.32. The molecule has 1 amide bonds. The average molecular weight is 296 g/mol. The van der Waals surface area contributed by atoms with Gasteiger partial charge in [-0.2, -0.15) is 0 Å². The van der Waals surface area contributed by atoms with Gasteiger partial charge in [0, 0.05) is 11.3 Å². The molecule has 0 heterocycles. The number of ether oxygens (including phenoxy) is 2. The van der Waals surface area contributed by atoms with Crippen LogP contribution in [0.5, 0.6) is 5.75 Å². The maximum atomic E-state index is 11.9. The lowest BCUT2D eigenvalue weighted by molar-refractivity contribution is 0.0635. The van der Waals surface area contributed by atoms with E-state index in [-0.39, 0.29) is 6.61 Å². The smallest absolute Gasteiger partial charge is 0.412 e. The Hall–Kier alpha value is -1.79. The molecule has 21 heavy (non-hydrogen) atoms. The Labute approximate surface area is 125 Å². The fourth-order valence-corrected chi connectivity index (χ4v) is 1.73. The van der Waals surface area contributed by atoms with Gasteiger partial charge in [0.15, 0.2) is 0 Å². The number of hydrogen-bond donors (Lipinski definition) is 3. The summed E-state index contributed by atoms with van der Waals surface area (Å²) >= 11 is 0.